The Hall–Kier alpha value is -3.32. The number of urea groups is 1. The number of hydrogen-bond donors (Lipinski definition) is 2. The Morgan fingerprint density at radius 2 is 1.93 bits per heavy atom. The average Bonchev–Trinajstić information content (AvgIpc) is 3.33. The predicted molar refractivity (Wildman–Crippen MR) is 108 cm³/mol. The summed E-state index contributed by atoms with van der Waals surface area (Å²) in [4.78, 5) is 12.4. The van der Waals surface area contributed by atoms with Crippen molar-refractivity contribution in [3.05, 3.63) is 60.8 Å². The van der Waals surface area contributed by atoms with Gasteiger partial charge in [0.05, 0.1) is 13.2 Å². The van der Waals surface area contributed by atoms with Gasteiger partial charge in [-0.1, -0.05) is 30.3 Å². The number of carbonyl (C=O) groups excluding carboxylic acids is 1. The van der Waals surface area contributed by atoms with Crippen LogP contribution in [0.3, 0.4) is 0 Å². The van der Waals surface area contributed by atoms with E-state index < -0.39 is 0 Å². The van der Waals surface area contributed by atoms with Crippen LogP contribution in [0.4, 0.5) is 16.3 Å². The lowest BCUT2D eigenvalue weighted by Crippen LogP contribution is -2.20. The third-order valence-electron chi connectivity index (χ3n) is 4.45. The van der Waals surface area contributed by atoms with Crippen LogP contribution < -0.4 is 15.4 Å². The molecule has 7 heteroatoms. The van der Waals surface area contributed by atoms with Crippen LogP contribution in [0, 0.1) is 0 Å². The van der Waals surface area contributed by atoms with E-state index in [1.165, 1.54) is 0 Å². The van der Waals surface area contributed by atoms with Crippen molar-refractivity contribution in [1.29, 1.82) is 0 Å². The minimum absolute atomic E-state index is 0.0997. The number of amides is 2. The van der Waals surface area contributed by atoms with Crippen LogP contribution in [0.25, 0.3) is 11.1 Å². The van der Waals surface area contributed by atoms with E-state index in [2.05, 4.69) is 15.7 Å². The summed E-state index contributed by atoms with van der Waals surface area (Å²) < 4.78 is 12.8. The molecule has 2 aromatic carbocycles. The van der Waals surface area contributed by atoms with Crippen molar-refractivity contribution in [2.45, 2.75) is 12.5 Å². The number of hydrogen-bond acceptors (Lipinski definition) is 4. The minimum atomic E-state index is -0.353. The van der Waals surface area contributed by atoms with Gasteiger partial charge >= 0.3 is 6.03 Å². The summed E-state index contributed by atoms with van der Waals surface area (Å²) in [6.07, 6.45) is 2.88. The first kappa shape index (κ1) is 18.1. The molecule has 28 heavy (non-hydrogen) atoms. The molecule has 144 valence electrons. The van der Waals surface area contributed by atoms with Gasteiger partial charge in [0, 0.05) is 30.9 Å². The largest absolute Gasteiger partial charge is 0.488 e. The molecule has 0 bridgehead atoms. The minimum Gasteiger partial charge on any atom is -0.488 e. The Morgan fingerprint density at radius 1 is 1.14 bits per heavy atom. The second-order valence-electron chi connectivity index (χ2n) is 6.64. The van der Waals surface area contributed by atoms with Gasteiger partial charge in [-0.2, -0.15) is 5.10 Å². The van der Waals surface area contributed by atoms with E-state index in [0.29, 0.717) is 18.1 Å². The molecule has 1 saturated heterocycles. The Kier molecular flexibility index (Phi) is 5.25. The van der Waals surface area contributed by atoms with Crippen LogP contribution >= 0.6 is 0 Å². The molecule has 4 rings (SSSR count). The zero-order valence-corrected chi connectivity index (χ0v) is 15.6. The van der Waals surface area contributed by atoms with Gasteiger partial charge in [0.2, 0.25) is 0 Å². The molecule has 1 fully saturated rings. The molecule has 1 aliphatic rings. The van der Waals surface area contributed by atoms with Crippen LogP contribution in [0.15, 0.2) is 60.8 Å². The summed E-state index contributed by atoms with van der Waals surface area (Å²) in [6, 6.07) is 16.8. The molecule has 1 aromatic heterocycles. The normalized spacial score (nSPS) is 16.0. The van der Waals surface area contributed by atoms with Gasteiger partial charge in [-0.3, -0.25) is 10.00 Å². The van der Waals surface area contributed by atoms with E-state index in [4.69, 9.17) is 9.47 Å². The first-order valence-electron chi connectivity index (χ1n) is 9.19. The maximum atomic E-state index is 12.4. The highest BCUT2D eigenvalue weighted by molar-refractivity contribution is 6.01. The SMILES string of the molecule is Cn1cc(-c2ccccc2)c(NC(=O)Nc2ccc(O[C@H]3CCOC3)cc2)n1. The number of rotatable bonds is 5. The molecule has 1 atom stereocenters. The highest BCUT2D eigenvalue weighted by Crippen LogP contribution is 2.26. The van der Waals surface area contributed by atoms with Gasteiger partial charge in [-0.25, -0.2) is 4.79 Å². The van der Waals surface area contributed by atoms with E-state index in [0.717, 1.165) is 29.9 Å². The zero-order valence-electron chi connectivity index (χ0n) is 15.6. The van der Waals surface area contributed by atoms with Crippen LogP contribution in [0.1, 0.15) is 6.42 Å². The highest BCUT2D eigenvalue weighted by atomic mass is 16.5. The van der Waals surface area contributed by atoms with E-state index in [1.807, 2.05) is 55.7 Å². The van der Waals surface area contributed by atoms with Crippen molar-refractivity contribution in [3.8, 4) is 16.9 Å². The Balaban J connectivity index is 1.39. The molecule has 0 aliphatic carbocycles. The molecular weight excluding hydrogens is 356 g/mol. The lowest BCUT2D eigenvalue weighted by atomic mass is 10.1. The number of ether oxygens (including phenoxy) is 2. The molecular formula is C21H22N4O3. The van der Waals surface area contributed by atoms with Gasteiger partial charge in [0.15, 0.2) is 5.82 Å². The molecule has 7 nitrogen and oxygen atoms in total. The second kappa shape index (κ2) is 8.14. The Bertz CT molecular complexity index is 932. The Labute approximate surface area is 163 Å². The molecule has 0 radical (unpaired) electrons. The second-order valence-corrected chi connectivity index (χ2v) is 6.64. The molecule has 2 amide bonds. The van der Waals surface area contributed by atoms with Gasteiger partial charge in [-0.15, -0.1) is 0 Å². The van der Waals surface area contributed by atoms with Gasteiger partial charge < -0.3 is 14.8 Å². The van der Waals surface area contributed by atoms with Crippen LogP contribution in [0.2, 0.25) is 0 Å². The molecule has 3 aromatic rings. The number of anilines is 2. The number of aromatic nitrogens is 2. The predicted octanol–water partition coefficient (Wildman–Crippen LogP) is 3.90. The first-order chi connectivity index (χ1) is 13.7. The van der Waals surface area contributed by atoms with Crippen molar-refractivity contribution in [2.75, 3.05) is 23.8 Å². The highest BCUT2D eigenvalue weighted by Gasteiger charge is 2.17. The summed E-state index contributed by atoms with van der Waals surface area (Å²) in [5.74, 6) is 1.27. The third kappa shape index (κ3) is 4.32. The number of nitrogens with one attached hydrogen (secondary N) is 2. The smallest absolute Gasteiger partial charge is 0.324 e. The van der Waals surface area contributed by atoms with Gasteiger partial charge in [0.1, 0.15) is 11.9 Å². The number of benzene rings is 2. The fraction of sp³-hybridized carbons (Fsp3) is 0.238. The van der Waals surface area contributed by atoms with E-state index in [9.17, 15) is 4.79 Å². The fourth-order valence-corrected chi connectivity index (χ4v) is 3.09. The molecule has 2 N–H and O–H groups in total. The van der Waals surface area contributed by atoms with Crippen LogP contribution in [0.5, 0.6) is 5.75 Å². The third-order valence-corrected chi connectivity index (χ3v) is 4.45. The zero-order chi connectivity index (χ0) is 19.3. The molecule has 1 aliphatic heterocycles. The maximum absolute atomic E-state index is 12.4. The maximum Gasteiger partial charge on any atom is 0.324 e. The number of carbonyl (C=O) groups is 1. The fourth-order valence-electron chi connectivity index (χ4n) is 3.09. The molecule has 0 saturated carbocycles. The first-order valence-corrected chi connectivity index (χ1v) is 9.19. The van der Waals surface area contributed by atoms with Crippen molar-refractivity contribution in [2.24, 2.45) is 7.05 Å². The standard InChI is InChI=1S/C21H22N4O3/c1-25-13-19(15-5-3-2-4-6-15)20(24-25)23-21(26)22-16-7-9-17(10-8-16)28-18-11-12-27-14-18/h2-10,13,18H,11-12,14H2,1H3,(H2,22,23,24,26)/t18-/m0/s1. The summed E-state index contributed by atoms with van der Waals surface area (Å²) in [7, 11) is 1.82. The van der Waals surface area contributed by atoms with Crippen molar-refractivity contribution in [1.82, 2.24) is 9.78 Å². The van der Waals surface area contributed by atoms with E-state index in [1.54, 1.807) is 16.8 Å². The molecule has 0 spiro atoms. The van der Waals surface area contributed by atoms with E-state index in [-0.39, 0.29) is 12.1 Å². The lowest BCUT2D eigenvalue weighted by molar-refractivity contribution is 0.141. The van der Waals surface area contributed by atoms with E-state index >= 15 is 0 Å². The quantitative estimate of drug-likeness (QED) is 0.706. The summed E-state index contributed by atoms with van der Waals surface area (Å²) in [5.41, 5.74) is 2.52. The average molecular weight is 378 g/mol. The van der Waals surface area contributed by atoms with Gasteiger partial charge in [0.25, 0.3) is 0 Å². The van der Waals surface area contributed by atoms with Gasteiger partial charge in [-0.05, 0) is 29.8 Å². The topological polar surface area (TPSA) is 77.4 Å². The number of nitrogens with zero attached hydrogens (tertiary/aromatic N) is 2. The Morgan fingerprint density at radius 3 is 2.64 bits per heavy atom. The lowest BCUT2D eigenvalue weighted by Gasteiger charge is -2.12. The van der Waals surface area contributed by atoms with Crippen LogP contribution in [-0.2, 0) is 11.8 Å². The van der Waals surface area contributed by atoms with Crippen molar-refractivity contribution >= 4 is 17.5 Å². The summed E-state index contributed by atoms with van der Waals surface area (Å²) >= 11 is 0. The summed E-state index contributed by atoms with van der Waals surface area (Å²) in [6.45, 7) is 1.36. The monoisotopic (exact) mass is 378 g/mol. The molecule has 2 heterocycles. The van der Waals surface area contributed by atoms with Crippen molar-refractivity contribution < 1.29 is 14.3 Å². The molecule has 0 unspecified atom stereocenters. The van der Waals surface area contributed by atoms with Crippen LogP contribution in [-0.4, -0.2) is 35.1 Å². The number of aryl methyl sites for hydroxylation is 1. The summed E-state index contributed by atoms with van der Waals surface area (Å²) in [5, 5.41) is 9.99. The van der Waals surface area contributed by atoms with Crippen molar-refractivity contribution in [3.63, 3.8) is 0 Å².